The van der Waals surface area contributed by atoms with E-state index < -0.39 is 0 Å². The zero-order valence-corrected chi connectivity index (χ0v) is 12.8. The molecule has 0 fully saturated rings. The molecule has 6 heteroatoms. The Balaban J connectivity index is 2.47. The summed E-state index contributed by atoms with van der Waals surface area (Å²) in [6.45, 7) is 2.11. The van der Waals surface area contributed by atoms with Crippen LogP contribution in [0.1, 0.15) is 19.0 Å². The van der Waals surface area contributed by atoms with E-state index in [9.17, 15) is 0 Å². The summed E-state index contributed by atoms with van der Waals surface area (Å²) in [5, 5.41) is 0.658. The minimum absolute atomic E-state index is 0.611. The van der Waals surface area contributed by atoms with Gasteiger partial charge in [-0.25, -0.2) is 15.8 Å². The van der Waals surface area contributed by atoms with Crippen molar-refractivity contribution in [3.8, 4) is 11.4 Å². The van der Waals surface area contributed by atoms with Crippen molar-refractivity contribution in [2.24, 2.45) is 5.84 Å². The predicted octanol–water partition coefficient (Wildman–Crippen LogP) is 3.80. The maximum Gasteiger partial charge on any atom is 0.161 e. The predicted molar refractivity (Wildman–Crippen MR) is 82.0 cm³/mol. The molecule has 0 saturated heterocycles. The lowest BCUT2D eigenvalue weighted by Gasteiger charge is -2.08. The van der Waals surface area contributed by atoms with Crippen molar-refractivity contribution in [3.63, 3.8) is 0 Å². The highest BCUT2D eigenvalue weighted by molar-refractivity contribution is 9.10. The zero-order chi connectivity index (χ0) is 13.8. The zero-order valence-electron chi connectivity index (χ0n) is 10.5. The Bertz CT molecular complexity index is 589. The van der Waals surface area contributed by atoms with Gasteiger partial charge in [0.2, 0.25) is 0 Å². The summed E-state index contributed by atoms with van der Waals surface area (Å²) >= 11 is 9.39. The Morgan fingerprint density at radius 2 is 2.11 bits per heavy atom. The van der Waals surface area contributed by atoms with E-state index >= 15 is 0 Å². The standard InChI is InChI=1S/C13H14BrClN4/c1-2-3-9-7-12(19-16)18-13(17-9)8-4-5-11(15)10(14)6-8/h4-7H,2-3,16H2,1H3,(H,17,18,19). The highest BCUT2D eigenvalue weighted by Crippen LogP contribution is 2.28. The third-order valence-corrected chi connectivity index (χ3v) is 3.82. The molecule has 0 amide bonds. The number of nitrogen functional groups attached to an aromatic ring is 1. The number of nitrogens with two attached hydrogens (primary N) is 1. The first-order valence-corrected chi connectivity index (χ1v) is 7.11. The number of benzene rings is 1. The van der Waals surface area contributed by atoms with Crippen LogP contribution in [0.4, 0.5) is 5.82 Å². The Kier molecular flexibility index (Phi) is 4.74. The van der Waals surface area contributed by atoms with E-state index in [2.05, 4.69) is 38.2 Å². The maximum atomic E-state index is 5.99. The van der Waals surface area contributed by atoms with Gasteiger partial charge in [-0.3, -0.25) is 0 Å². The van der Waals surface area contributed by atoms with Crippen molar-refractivity contribution in [2.75, 3.05) is 5.43 Å². The summed E-state index contributed by atoms with van der Waals surface area (Å²) in [7, 11) is 0. The lowest BCUT2D eigenvalue weighted by molar-refractivity contribution is 0.875. The number of anilines is 1. The van der Waals surface area contributed by atoms with E-state index in [1.54, 1.807) is 0 Å². The van der Waals surface area contributed by atoms with Gasteiger partial charge in [0.05, 0.1) is 5.02 Å². The van der Waals surface area contributed by atoms with Crippen LogP contribution < -0.4 is 11.3 Å². The molecule has 2 aromatic rings. The SMILES string of the molecule is CCCc1cc(NN)nc(-c2ccc(Cl)c(Br)c2)n1. The van der Waals surface area contributed by atoms with Crippen molar-refractivity contribution in [2.45, 2.75) is 19.8 Å². The summed E-state index contributed by atoms with van der Waals surface area (Å²) in [6, 6.07) is 7.45. The molecule has 0 aliphatic carbocycles. The smallest absolute Gasteiger partial charge is 0.161 e. The van der Waals surface area contributed by atoms with Gasteiger partial charge < -0.3 is 5.43 Å². The second kappa shape index (κ2) is 6.32. The van der Waals surface area contributed by atoms with Crippen LogP contribution in [0.5, 0.6) is 0 Å². The van der Waals surface area contributed by atoms with E-state index in [0.717, 1.165) is 28.6 Å². The molecule has 0 atom stereocenters. The highest BCUT2D eigenvalue weighted by atomic mass is 79.9. The van der Waals surface area contributed by atoms with Crippen LogP contribution >= 0.6 is 27.5 Å². The molecule has 19 heavy (non-hydrogen) atoms. The molecular formula is C13H14BrClN4. The molecule has 0 unspecified atom stereocenters. The molecule has 0 saturated carbocycles. The van der Waals surface area contributed by atoms with Gasteiger partial charge in [0.15, 0.2) is 5.82 Å². The molecule has 2 rings (SSSR count). The number of rotatable bonds is 4. The van der Waals surface area contributed by atoms with E-state index in [-0.39, 0.29) is 0 Å². The van der Waals surface area contributed by atoms with Gasteiger partial charge >= 0.3 is 0 Å². The van der Waals surface area contributed by atoms with E-state index in [0.29, 0.717) is 16.7 Å². The van der Waals surface area contributed by atoms with Crippen LogP contribution in [-0.2, 0) is 6.42 Å². The fourth-order valence-electron chi connectivity index (χ4n) is 1.72. The van der Waals surface area contributed by atoms with Crippen LogP contribution in [0.25, 0.3) is 11.4 Å². The Hall–Kier alpha value is -1.17. The first-order chi connectivity index (χ1) is 9.13. The minimum atomic E-state index is 0.611. The fraction of sp³-hybridized carbons (Fsp3) is 0.231. The topological polar surface area (TPSA) is 63.8 Å². The fourth-order valence-corrected chi connectivity index (χ4v) is 2.22. The van der Waals surface area contributed by atoms with Crippen LogP contribution in [-0.4, -0.2) is 9.97 Å². The highest BCUT2D eigenvalue weighted by Gasteiger charge is 2.08. The maximum absolute atomic E-state index is 5.99. The lowest BCUT2D eigenvalue weighted by Crippen LogP contribution is -2.10. The minimum Gasteiger partial charge on any atom is -0.308 e. The van der Waals surface area contributed by atoms with Crippen molar-refractivity contribution in [3.05, 3.63) is 39.5 Å². The average Bonchev–Trinajstić information content (AvgIpc) is 2.42. The monoisotopic (exact) mass is 340 g/mol. The van der Waals surface area contributed by atoms with E-state index in [1.807, 2.05) is 24.3 Å². The van der Waals surface area contributed by atoms with E-state index in [4.69, 9.17) is 17.4 Å². The Morgan fingerprint density at radius 1 is 1.32 bits per heavy atom. The van der Waals surface area contributed by atoms with Crippen molar-refractivity contribution in [1.82, 2.24) is 9.97 Å². The van der Waals surface area contributed by atoms with Gasteiger partial charge in [0.25, 0.3) is 0 Å². The van der Waals surface area contributed by atoms with Gasteiger partial charge in [0, 0.05) is 21.8 Å². The first kappa shape index (κ1) is 14.2. The van der Waals surface area contributed by atoms with Crippen LogP contribution in [0.15, 0.2) is 28.7 Å². The Morgan fingerprint density at radius 3 is 2.74 bits per heavy atom. The van der Waals surface area contributed by atoms with Crippen molar-refractivity contribution in [1.29, 1.82) is 0 Å². The van der Waals surface area contributed by atoms with Gasteiger partial charge in [-0.1, -0.05) is 24.9 Å². The second-order valence-corrected chi connectivity index (χ2v) is 5.35. The van der Waals surface area contributed by atoms with Gasteiger partial charge in [0.1, 0.15) is 5.82 Å². The molecule has 4 nitrogen and oxygen atoms in total. The third kappa shape index (κ3) is 3.43. The van der Waals surface area contributed by atoms with Crippen LogP contribution in [0.3, 0.4) is 0 Å². The van der Waals surface area contributed by atoms with E-state index in [1.165, 1.54) is 0 Å². The molecule has 0 radical (unpaired) electrons. The molecule has 3 N–H and O–H groups in total. The molecule has 0 aliphatic heterocycles. The summed E-state index contributed by atoms with van der Waals surface area (Å²) < 4.78 is 0.818. The van der Waals surface area contributed by atoms with Gasteiger partial charge in [-0.05, 0) is 40.5 Å². The first-order valence-electron chi connectivity index (χ1n) is 5.94. The molecule has 100 valence electrons. The molecule has 1 heterocycles. The lowest BCUT2D eigenvalue weighted by atomic mass is 10.2. The summed E-state index contributed by atoms with van der Waals surface area (Å²) in [6.07, 6.45) is 1.91. The quantitative estimate of drug-likeness (QED) is 0.656. The van der Waals surface area contributed by atoms with Crippen molar-refractivity contribution >= 4 is 33.3 Å². The summed E-state index contributed by atoms with van der Waals surface area (Å²) in [4.78, 5) is 8.91. The van der Waals surface area contributed by atoms with Crippen molar-refractivity contribution < 1.29 is 0 Å². The number of aromatic nitrogens is 2. The van der Waals surface area contributed by atoms with Gasteiger partial charge in [-0.15, -0.1) is 0 Å². The molecule has 0 aliphatic rings. The normalized spacial score (nSPS) is 10.5. The molecule has 0 bridgehead atoms. The largest absolute Gasteiger partial charge is 0.308 e. The number of nitrogens with zero attached hydrogens (tertiary/aromatic N) is 2. The van der Waals surface area contributed by atoms with Crippen LogP contribution in [0, 0.1) is 0 Å². The second-order valence-electron chi connectivity index (χ2n) is 4.09. The average molecular weight is 342 g/mol. The van der Waals surface area contributed by atoms with Gasteiger partial charge in [-0.2, -0.15) is 0 Å². The number of hydrogen-bond acceptors (Lipinski definition) is 4. The molecule has 0 spiro atoms. The number of hydrazine groups is 1. The van der Waals surface area contributed by atoms with Crippen LogP contribution in [0.2, 0.25) is 5.02 Å². The third-order valence-electron chi connectivity index (χ3n) is 2.61. The molecular weight excluding hydrogens is 328 g/mol. The number of halogens is 2. The number of hydrogen-bond donors (Lipinski definition) is 2. The summed E-state index contributed by atoms with van der Waals surface area (Å²) in [5.41, 5.74) is 4.43. The molecule has 1 aromatic heterocycles. The number of nitrogens with one attached hydrogen (secondary N) is 1. The summed E-state index contributed by atoms with van der Waals surface area (Å²) in [5.74, 6) is 6.69. The molecule has 1 aromatic carbocycles. The number of aryl methyl sites for hydroxylation is 1. The Labute approximate surface area is 125 Å².